The number of fused-ring (bicyclic) bond motifs is 1. The number of ketones is 1. The van der Waals surface area contributed by atoms with Gasteiger partial charge in [0, 0.05) is 17.9 Å². The summed E-state index contributed by atoms with van der Waals surface area (Å²) in [5, 5.41) is 0. The molecule has 0 bridgehead atoms. The molecule has 0 aliphatic heterocycles. The maximum absolute atomic E-state index is 12.6. The zero-order chi connectivity index (χ0) is 13.5. The Hall–Kier alpha value is -1.15. The Balaban J connectivity index is 1.76. The van der Waals surface area contributed by atoms with Gasteiger partial charge in [0.05, 0.1) is 0 Å². The van der Waals surface area contributed by atoms with Crippen molar-refractivity contribution in [2.45, 2.75) is 57.9 Å². The highest BCUT2D eigenvalue weighted by molar-refractivity contribution is 5.87. The summed E-state index contributed by atoms with van der Waals surface area (Å²) in [5.74, 6) is 0.329. The Morgan fingerprint density at radius 2 is 2.11 bits per heavy atom. The van der Waals surface area contributed by atoms with E-state index >= 15 is 0 Å². The van der Waals surface area contributed by atoms with Gasteiger partial charge in [-0.25, -0.2) is 0 Å². The van der Waals surface area contributed by atoms with Crippen molar-refractivity contribution in [2.24, 2.45) is 11.1 Å². The average molecular weight is 257 g/mol. The summed E-state index contributed by atoms with van der Waals surface area (Å²) in [5.41, 5.74) is 9.94. The van der Waals surface area contributed by atoms with E-state index in [2.05, 4.69) is 25.1 Å². The van der Waals surface area contributed by atoms with E-state index in [1.807, 2.05) is 0 Å². The normalized spacial score (nSPS) is 29.5. The lowest BCUT2D eigenvalue weighted by atomic mass is 9.78. The first-order valence-electron chi connectivity index (χ1n) is 7.49. The van der Waals surface area contributed by atoms with Crippen LogP contribution in [-0.2, 0) is 24.1 Å². The summed E-state index contributed by atoms with van der Waals surface area (Å²) in [4.78, 5) is 12.6. The molecule has 0 spiro atoms. The molecular formula is C17H23NO. The summed E-state index contributed by atoms with van der Waals surface area (Å²) >= 11 is 0. The van der Waals surface area contributed by atoms with Gasteiger partial charge in [-0.15, -0.1) is 0 Å². The van der Waals surface area contributed by atoms with E-state index in [4.69, 9.17) is 5.73 Å². The van der Waals surface area contributed by atoms with Crippen LogP contribution in [0.2, 0.25) is 0 Å². The van der Waals surface area contributed by atoms with E-state index in [-0.39, 0.29) is 11.5 Å². The van der Waals surface area contributed by atoms with E-state index in [9.17, 15) is 4.79 Å². The van der Waals surface area contributed by atoms with Crippen molar-refractivity contribution in [1.82, 2.24) is 0 Å². The highest BCUT2D eigenvalue weighted by Gasteiger charge is 2.42. The van der Waals surface area contributed by atoms with Crippen molar-refractivity contribution in [3.8, 4) is 0 Å². The number of aryl methyl sites for hydroxylation is 2. The maximum atomic E-state index is 12.6. The summed E-state index contributed by atoms with van der Waals surface area (Å²) in [6.07, 6.45) is 7.23. The van der Waals surface area contributed by atoms with Crippen LogP contribution in [0.3, 0.4) is 0 Å². The molecule has 0 saturated heterocycles. The van der Waals surface area contributed by atoms with Crippen molar-refractivity contribution >= 4 is 5.78 Å². The van der Waals surface area contributed by atoms with Crippen LogP contribution < -0.4 is 5.73 Å². The molecule has 2 aliphatic carbocycles. The Morgan fingerprint density at radius 1 is 1.32 bits per heavy atom. The zero-order valence-electron chi connectivity index (χ0n) is 11.7. The van der Waals surface area contributed by atoms with E-state index in [1.54, 1.807) is 0 Å². The summed E-state index contributed by atoms with van der Waals surface area (Å²) in [7, 11) is 0. The molecular weight excluding hydrogens is 234 g/mol. The molecule has 2 atom stereocenters. The van der Waals surface area contributed by atoms with E-state index in [0.29, 0.717) is 12.2 Å². The van der Waals surface area contributed by atoms with Gasteiger partial charge < -0.3 is 5.73 Å². The van der Waals surface area contributed by atoms with Crippen LogP contribution in [0.15, 0.2) is 18.2 Å². The lowest BCUT2D eigenvalue weighted by molar-refractivity contribution is -0.127. The molecule has 0 radical (unpaired) electrons. The lowest BCUT2D eigenvalue weighted by Crippen LogP contribution is -2.41. The van der Waals surface area contributed by atoms with Gasteiger partial charge in [-0.05, 0) is 48.8 Å². The third kappa shape index (κ3) is 2.23. The van der Waals surface area contributed by atoms with Gasteiger partial charge in [0.25, 0.3) is 0 Å². The summed E-state index contributed by atoms with van der Waals surface area (Å²) in [6.45, 7) is 2.06. The largest absolute Gasteiger partial charge is 0.327 e. The number of nitrogens with two attached hydrogens (primary N) is 1. The number of Topliss-reactive ketones (excluding diaryl/α,β-unsaturated/α-hetero) is 1. The standard InChI is InChI=1S/C17H23NO/c1-17(9-3-6-15(17)18)16(19)11-12-7-8-13-4-2-5-14(13)10-12/h7-8,10,15H,2-6,9,11,18H2,1H3. The fourth-order valence-electron chi connectivity index (χ4n) is 3.66. The second kappa shape index (κ2) is 4.75. The SMILES string of the molecule is CC1(C(=O)Cc2ccc3c(c2)CCC3)CCCC1N. The Morgan fingerprint density at radius 3 is 2.84 bits per heavy atom. The molecule has 0 aromatic heterocycles. The van der Waals surface area contributed by atoms with Crippen molar-refractivity contribution in [1.29, 1.82) is 0 Å². The molecule has 3 rings (SSSR count). The third-order valence-electron chi connectivity index (χ3n) is 5.19. The number of carbonyl (C=O) groups excluding carboxylic acids is 1. The fourth-order valence-corrected chi connectivity index (χ4v) is 3.66. The van der Waals surface area contributed by atoms with Crippen molar-refractivity contribution in [3.63, 3.8) is 0 Å². The molecule has 1 fully saturated rings. The molecule has 0 amide bonds. The third-order valence-corrected chi connectivity index (χ3v) is 5.19. The molecule has 102 valence electrons. The minimum absolute atomic E-state index is 0.0504. The molecule has 2 aliphatic rings. The number of benzene rings is 1. The number of rotatable bonds is 3. The zero-order valence-corrected chi connectivity index (χ0v) is 11.7. The van der Waals surface area contributed by atoms with Gasteiger partial charge in [-0.1, -0.05) is 31.5 Å². The van der Waals surface area contributed by atoms with Crippen molar-refractivity contribution < 1.29 is 4.79 Å². The predicted molar refractivity (Wildman–Crippen MR) is 77.1 cm³/mol. The molecule has 1 aromatic rings. The fraction of sp³-hybridized carbons (Fsp3) is 0.588. The van der Waals surface area contributed by atoms with E-state index in [1.165, 1.54) is 36.0 Å². The van der Waals surface area contributed by atoms with Gasteiger partial charge in [0.2, 0.25) is 0 Å². The smallest absolute Gasteiger partial charge is 0.144 e. The van der Waals surface area contributed by atoms with Crippen LogP contribution in [0.25, 0.3) is 0 Å². The molecule has 1 saturated carbocycles. The highest BCUT2D eigenvalue weighted by Crippen LogP contribution is 2.38. The maximum Gasteiger partial charge on any atom is 0.144 e. The quantitative estimate of drug-likeness (QED) is 0.904. The molecule has 2 nitrogen and oxygen atoms in total. The monoisotopic (exact) mass is 257 g/mol. The summed E-state index contributed by atoms with van der Waals surface area (Å²) in [6, 6.07) is 6.63. The van der Waals surface area contributed by atoms with Crippen LogP contribution in [-0.4, -0.2) is 11.8 Å². The molecule has 0 heterocycles. The first-order valence-corrected chi connectivity index (χ1v) is 7.49. The Bertz CT molecular complexity index is 508. The predicted octanol–water partition coefficient (Wildman–Crippen LogP) is 2.80. The molecule has 2 unspecified atom stereocenters. The highest BCUT2D eigenvalue weighted by atomic mass is 16.1. The first-order chi connectivity index (χ1) is 9.09. The van der Waals surface area contributed by atoms with Crippen LogP contribution in [0.4, 0.5) is 0 Å². The minimum atomic E-state index is -0.293. The summed E-state index contributed by atoms with van der Waals surface area (Å²) < 4.78 is 0. The lowest BCUT2D eigenvalue weighted by Gasteiger charge is -2.27. The molecule has 2 heteroatoms. The van der Waals surface area contributed by atoms with Crippen LogP contribution in [0.5, 0.6) is 0 Å². The minimum Gasteiger partial charge on any atom is -0.327 e. The number of hydrogen-bond donors (Lipinski definition) is 1. The van der Waals surface area contributed by atoms with Crippen molar-refractivity contribution in [2.75, 3.05) is 0 Å². The van der Waals surface area contributed by atoms with Crippen LogP contribution in [0, 0.1) is 5.41 Å². The average Bonchev–Trinajstić information content (AvgIpc) is 2.97. The molecule has 1 aromatic carbocycles. The Labute approximate surface area is 115 Å². The van der Waals surface area contributed by atoms with Gasteiger partial charge in [-0.3, -0.25) is 4.79 Å². The second-order valence-electron chi connectivity index (χ2n) is 6.47. The first kappa shape index (κ1) is 12.9. The van der Waals surface area contributed by atoms with Gasteiger partial charge in [-0.2, -0.15) is 0 Å². The van der Waals surface area contributed by atoms with E-state index in [0.717, 1.165) is 19.3 Å². The van der Waals surface area contributed by atoms with Crippen molar-refractivity contribution in [3.05, 3.63) is 34.9 Å². The van der Waals surface area contributed by atoms with Gasteiger partial charge in [0.1, 0.15) is 5.78 Å². The molecule has 2 N–H and O–H groups in total. The number of carbonyl (C=O) groups is 1. The number of hydrogen-bond acceptors (Lipinski definition) is 2. The topological polar surface area (TPSA) is 43.1 Å². The Kier molecular flexibility index (Phi) is 3.22. The second-order valence-corrected chi connectivity index (χ2v) is 6.47. The van der Waals surface area contributed by atoms with Gasteiger partial charge >= 0.3 is 0 Å². The van der Waals surface area contributed by atoms with Crippen LogP contribution in [0.1, 0.15) is 49.3 Å². The van der Waals surface area contributed by atoms with Gasteiger partial charge in [0.15, 0.2) is 0 Å². The van der Waals surface area contributed by atoms with E-state index < -0.39 is 0 Å². The van der Waals surface area contributed by atoms with Crippen LogP contribution >= 0.6 is 0 Å². The molecule has 19 heavy (non-hydrogen) atoms.